The van der Waals surface area contributed by atoms with Crippen LogP contribution >= 0.6 is 0 Å². The van der Waals surface area contributed by atoms with E-state index in [1.54, 1.807) is 6.07 Å². The van der Waals surface area contributed by atoms with Gasteiger partial charge in [-0.05, 0) is 71.4 Å². The predicted octanol–water partition coefficient (Wildman–Crippen LogP) is 5.98. The third kappa shape index (κ3) is 5.41. The molecule has 1 saturated carbocycles. The Morgan fingerprint density at radius 3 is 1.91 bits per heavy atom. The Labute approximate surface area is 204 Å². The zero-order valence-corrected chi connectivity index (χ0v) is 22.5. The van der Waals surface area contributed by atoms with E-state index in [-0.39, 0.29) is 4.90 Å². The number of carbonyl (C=O) groups is 1. The molecule has 1 heterocycles. The van der Waals surface area contributed by atoms with Gasteiger partial charge in [-0.15, -0.1) is 0 Å². The van der Waals surface area contributed by atoms with Crippen LogP contribution in [0.4, 0.5) is 0 Å². The summed E-state index contributed by atoms with van der Waals surface area (Å²) in [6.45, 7) is 14.6. The van der Waals surface area contributed by atoms with Gasteiger partial charge in [-0.1, -0.05) is 60.8 Å². The van der Waals surface area contributed by atoms with Crippen molar-refractivity contribution in [3.8, 4) is 11.3 Å². The molecule has 3 N–H and O–H groups in total. The molecule has 1 aromatic carbocycles. The molecule has 0 atom stereocenters. The van der Waals surface area contributed by atoms with E-state index in [0.29, 0.717) is 17.2 Å². The minimum Gasteiger partial charge on any atom is -0.478 e. The highest BCUT2D eigenvalue weighted by Gasteiger charge is 2.32. The van der Waals surface area contributed by atoms with E-state index >= 15 is 0 Å². The lowest BCUT2D eigenvalue weighted by Gasteiger charge is -2.30. The second-order valence-electron chi connectivity index (χ2n) is 11.9. The van der Waals surface area contributed by atoms with Crippen LogP contribution in [-0.4, -0.2) is 24.1 Å². The number of carboxylic acids is 1. The SMILES string of the molecule is Cc1c(S(N)(=O)=O)cc(-c2cc(C(C)(C)C)c(C(=O)O)c(C(C)(C)C)c2)n1CC1CCCCC1. The van der Waals surface area contributed by atoms with Gasteiger partial charge in [0.25, 0.3) is 0 Å². The van der Waals surface area contributed by atoms with Crippen molar-refractivity contribution in [2.75, 3.05) is 0 Å². The van der Waals surface area contributed by atoms with E-state index in [0.717, 1.165) is 41.8 Å². The Morgan fingerprint density at radius 2 is 1.50 bits per heavy atom. The van der Waals surface area contributed by atoms with Crippen LogP contribution < -0.4 is 5.14 Å². The maximum Gasteiger partial charge on any atom is 0.336 e. The van der Waals surface area contributed by atoms with Gasteiger partial charge in [0.1, 0.15) is 4.90 Å². The number of aromatic nitrogens is 1. The monoisotopic (exact) mass is 488 g/mol. The number of primary sulfonamides is 1. The van der Waals surface area contributed by atoms with Gasteiger partial charge in [0.15, 0.2) is 0 Å². The van der Waals surface area contributed by atoms with E-state index in [2.05, 4.69) is 4.57 Å². The van der Waals surface area contributed by atoms with E-state index in [1.807, 2.05) is 60.6 Å². The third-order valence-electron chi connectivity index (χ3n) is 7.06. The quantitative estimate of drug-likeness (QED) is 0.540. The fraction of sp³-hybridized carbons (Fsp3) is 0.593. The molecule has 1 aliphatic rings. The molecule has 0 spiro atoms. The zero-order chi connectivity index (χ0) is 25.6. The summed E-state index contributed by atoms with van der Waals surface area (Å²) in [5.74, 6) is -0.463. The Kier molecular flexibility index (Phi) is 7.13. The van der Waals surface area contributed by atoms with Crippen molar-refractivity contribution in [2.45, 2.75) is 103 Å². The Bertz CT molecular complexity index is 1150. The third-order valence-corrected chi connectivity index (χ3v) is 8.08. The van der Waals surface area contributed by atoms with Crippen LogP contribution in [0.25, 0.3) is 11.3 Å². The summed E-state index contributed by atoms with van der Waals surface area (Å²) in [6.07, 6.45) is 5.88. The van der Waals surface area contributed by atoms with Gasteiger partial charge in [0, 0.05) is 17.9 Å². The van der Waals surface area contributed by atoms with E-state index < -0.39 is 26.8 Å². The largest absolute Gasteiger partial charge is 0.478 e. The Hall–Kier alpha value is -2.12. The van der Waals surface area contributed by atoms with Gasteiger partial charge in [0.05, 0.1) is 5.56 Å². The maximum atomic E-state index is 12.4. The smallest absolute Gasteiger partial charge is 0.336 e. The lowest BCUT2D eigenvalue weighted by atomic mass is 9.75. The molecule has 0 bridgehead atoms. The van der Waals surface area contributed by atoms with Crippen molar-refractivity contribution in [1.82, 2.24) is 4.57 Å². The molecule has 0 unspecified atom stereocenters. The molecule has 34 heavy (non-hydrogen) atoms. The van der Waals surface area contributed by atoms with Crippen molar-refractivity contribution < 1.29 is 18.3 Å². The number of hydrogen-bond acceptors (Lipinski definition) is 3. The molecular weight excluding hydrogens is 448 g/mol. The first-order valence-corrected chi connectivity index (χ1v) is 13.7. The van der Waals surface area contributed by atoms with Crippen LogP contribution in [-0.2, 0) is 27.4 Å². The zero-order valence-electron chi connectivity index (χ0n) is 21.7. The first-order chi connectivity index (χ1) is 15.5. The van der Waals surface area contributed by atoms with Gasteiger partial charge in [-0.3, -0.25) is 0 Å². The van der Waals surface area contributed by atoms with Crippen LogP contribution in [0.15, 0.2) is 23.1 Å². The highest BCUT2D eigenvalue weighted by atomic mass is 32.2. The van der Waals surface area contributed by atoms with Crippen LogP contribution in [0.2, 0.25) is 0 Å². The first-order valence-electron chi connectivity index (χ1n) is 12.2. The lowest BCUT2D eigenvalue weighted by molar-refractivity contribution is 0.0691. The molecule has 2 aromatic rings. The van der Waals surface area contributed by atoms with Crippen molar-refractivity contribution >= 4 is 16.0 Å². The van der Waals surface area contributed by atoms with Crippen LogP contribution in [0.5, 0.6) is 0 Å². The van der Waals surface area contributed by atoms with Crippen molar-refractivity contribution in [2.24, 2.45) is 11.1 Å². The van der Waals surface area contributed by atoms with Gasteiger partial charge in [-0.25, -0.2) is 18.4 Å². The van der Waals surface area contributed by atoms with Gasteiger partial charge in [0.2, 0.25) is 10.0 Å². The molecule has 0 radical (unpaired) electrons. The molecular formula is C27H40N2O4S. The second-order valence-corrected chi connectivity index (χ2v) is 13.4. The predicted molar refractivity (Wildman–Crippen MR) is 137 cm³/mol. The molecule has 7 heteroatoms. The standard InChI is InChI=1S/C27H40N2O4S/c1-17-23(34(28,32)33)15-22(29(17)16-18-11-9-8-10-12-18)19-13-20(26(2,3)4)24(25(30)31)21(14-19)27(5,6)7/h13-15,18H,8-12,16H2,1-7H3,(H,30,31)(H2,28,32,33). The van der Waals surface area contributed by atoms with Gasteiger partial charge >= 0.3 is 5.97 Å². The molecule has 0 saturated heterocycles. The fourth-order valence-electron chi connectivity index (χ4n) is 5.21. The van der Waals surface area contributed by atoms with E-state index in [9.17, 15) is 18.3 Å². The molecule has 0 aliphatic heterocycles. The first kappa shape index (κ1) is 26.5. The summed E-state index contributed by atoms with van der Waals surface area (Å²) < 4.78 is 26.9. The van der Waals surface area contributed by atoms with Crippen molar-refractivity contribution in [3.05, 3.63) is 40.6 Å². The Balaban J connectivity index is 2.34. The average molecular weight is 489 g/mol. The average Bonchev–Trinajstić information content (AvgIpc) is 3.03. The lowest BCUT2D eigenvalue weighted by Crippen LogP contribution is -2.24. The van der Waals surface area contributed by atoms with Crippen LogP contribution in [0.3, 0.4) is 0 Å². The highest BCUT2D eigenvalue weighted by Crippen LogP contribution is 2.40. The number of rotatable bonds is 5. The van der Waals surface area contributed by atoms with Gasteiger partial charge in [-0.2, -0.15) is 0 Å². The molecule has 6 nitrogen and oxygen atoms in total. The summed E-state index contributed by atoms with van der Waals surface area (Å²) >= 11 is 0. The van der Waals surface area contributed by atoms with Crippen molar-refractivity contribution in [1.29, 1.82) is 0 Å². The van der Waals surface area contributed by atoms with Crippen LogP contribution in [0.1, 0.15) is 101 Å². The number of aromatic carboxylic acids is 1. The number of hydrogen-bond donors (Lipinski definition) is 2. The molecule has 188 valence electrons. The molecule has 3 rings (SSSR count). The summed E-state index contributed by atoms with van der Waals surface area (Å²) in [6, 6.07) is 5.53. The summed E-state index contributed by atoms with van der Waals surface area (Å²) in [5, 5.41) is 15.8. The number of nitrogens with two attached hydrogens (primary N) is 1. The minimum absolute atomic E-state index is 0.134. The summed E-state index contributed by atoms with van der Waals surface area (Å²) in [4.78, 5) is 12.5. The molecule has 1 aromatic heterocycles. The topological polar surface area (TPSA) is 102 Å². The highest BCUT2D eigenvalue weighted by molar-refractivity contribution is 7.89. The minimum atomic E-state index is -3.90. The maximum absolute atomic E-state index is 12.4. The van der Waals surface area contributed by atoms with Crippen molar-refractivity contribution in [3.63, 3.8) is 0 Å². The van der Waals surface area contributed by atoms with Gasteiger partial charge < -0.3 is 9.67 Å². The van der Waals surface area contributed by atoms with Crippen LogP contribution in [0, 0.1) is 12.8 Å². The fourth-order valence-corrected chi connectivity index (χ4v) is 6.01. The molecule has 0 amide bonds. The summed E-state index contributed by atoms with van der Waals surface area (Å²) in [7, 11) is -3.90. The number of benzene rings is 1. The van der Waals surface area contributed by atoms with E-state index in [4.69, 9.17) is 5.14 Å². The molecule has 1 fully saturated rings. The number of sulfonamides is 1. The van der Waals surface area contributed by atoms with E-state index in [1.165, 1.54) is 19.3 Å². The molecule has 1 aliphatic carbocycles. The summed E-state index contributed by atoms with van der Waals surface area (Å²) in [5.41, 5.74) is 3.22. The second kappa shape index (κ2) is 9.15. The normalized spacial score (nSPS) is 16.1. The Morgan fingerprint density at radius 1 is 1.00 bits per heavy atom. The number of carboxylic acid groups (broad SMARTS) is 1. The number of nitrogens with zero attached hydrogens (tertiary/aromatic N) is 1.